The molecule has 80 valence electrons. The molecule has 1 aromatic carbocycles. The van der Waals surface area contributed by atoms with Crippen LogP contribution in [0, 0.1) is 6.92 Å². The zero-order valence-electron chi connectivity index (χ0n) is 8.69. The second-order valence-corrected chi connectivity index (χ2v) is 3.64. The fourth-order valence-corrected chi connectivity index (χ4v) is 1.71. The Labute approximate surface area is 91.3 Å². The summed E-state index contributed by atoms with van der Waals surface area (Å²) in [5.74, 6) is 0.667. The number of hydrogen-bond acceptors (Lipinski definition) is 4. The van der Waals surface area contributed by atoms with Crippen LogP contribution in [0.15, 0.2) is 28.8 Å². The molecule has 3 N–H and O–H groups in total. The van der Waals surface area contributed by atoms with Crippen molar-refractivity contribution in [2.75, 3.05) is 5.73 Å². The summed E-state index contributed by atoms with van der Waals surface area (Å²) in [6.07, 6.45) is 1.62. The number of nitrogens with two attached hydrogens (primary N) is 1. The molecule has 0 atom stereocenters. The van der Waals surface area contributed by atoms with Crippen LogP contribution in [0.5, 0.6) is 0 Å². The van der Waals surface area contributed by atoms with Crippen molar-refractivity contribution in [3.63, 3.8) is 0 Å². The Hall–Kier alpha value is -2.30. The van der Waals surface area contributed by atoms with Crippen LogP contribution >= 0.6 is 0 Å². The van der Waals surface area contributed by atoms with Crippen molar-refractivity contribution in [3.05, 3.63) is 30.1 Å². The van der Waals surface area contributed by atoms with E-state index in [1.54, 1.807) is 6.20 Å². The number of aryl methyl sites for hydroxylation is 1. The summed E-state index contributed by atoms with van der Waals surface area (Å²) in [4.78, 5) is 3.87. The molecule has 2 aromatic heterocycles. The summed E-state index contributed by atoms with van der Waals surface area (Å²) in [7, 11) is 0. The summed E-state index contributed by atoms with van der Waals surface area (Å²) in [5, 5.41) is 8.18. The van der Waals surface area contributed by atoms with E-state index in [2.05, 4.69) is 15.2 Å². The fraction of sp³-hybridized carbons (Fsp3) is 0.0909. The monoisotopic (exact) mass is 214 g/mol. The Kier molecular flexibility index (Phi) is 1.73. The molecule has 0 bridgehead atoms. The van der Waals surface area contributed by atoms with E-state index in [0.717, 1.165) is 22.2 Å². The first-order chi connectivity index (χ1) is 7.74. The predicted octanol–water partition coefficient (Wildman–Crippen LogP) is 2.11. The third-order valence-corrected chi connectivity index (χ3v) is 2.55. The fourth-order valence-electron chi connectivity index (χ4n) is 1.71. The Morgan fingerprint density at radius 1 is 1.38 bits per heavy atom. The van der Waals surface area contributed by atoms with Gasteiger partial charge in [0, 0.05) is 16.6 Å². The largest absolute Gasteiger partial charge is 0.424 e. The Morgan fingerprint density at radius 3 is 3.00 bits per heavy atom. The molecule has 3 rings (SSSR count). The van der Waals surface area contributed by atoms with Gasteiger partial charge in [0.15, 0.2) is 5.76 Å². The number of aromatic amines is 1. The van der Waals surface area contributed by atoms with E-state index < -0.39 is 0 Å². The number of H-pyrrole nitrogens is 1. The van der Waals surface area contributed by atoms with Crippen molar-refractivity contribution in [2.24, 2.45) is 0 Å². The van der Waals surface area contributed by atoms with E-state index in [1.807, 2.05) is 25.1 Å². The van der Waals surface area contributed by atoms with E-state index in [4.69, 9.17) is 10.2 Å². The van der Waals surface area contributed by atoms with Gasteiger partial charge in [-0.25, -0.2) is 4.98 Å². The molecule has 16 heavy (non-hydrogen) atoms. The summed E-state index contributed by atoms with van der Waals surface area (Å²) < 4.78 is 5.27. The van der Waals surface area contributed by atoms with Crippen molar-refractivity contribution in [1.82, 2.24) is 15.2 Å². The molecule has 0 amide bonds. The van der Waals surface area contributed by atoms with Crippen LogP contribution in [0.2, 0.25) is 0 Å². The smallest absolute Gasteiger partial charge is 0.292 e. The number of nitrogens with zero attached hydrogens (tertiary/aromatic N) is 2. The molecular weight excluding hydrogens is 204 g/mol. The number of fused-ring (bicyclic) bond motifs is 1. The zero-order chi connectivity index (χ0) is 11.1. The minimum Gasteiger partial charge on any atom is -0.424 e. The molecule has 0 saturated carbocycles. The number of rotatable bonds is 1. The molecule has 0 unspecified atom stereocenters. The lowest BCUT2D eigenvalue weighted by Gasteiger charge is -1.96. The predicted molar refractivity (Wildman–Crippen MR) is 60.7 cm³/mol. The highest BCUT2D eigenvalue weighted by molar-refractivity contribution is 5.85. The number of aromatic nitrogens is 3. The van der Waals surface area contributed by atoms with Gasteiger partial charge in [-0.15, -0.1) is 0 Å². The number of hydrogen-bond donors (Lipinski definition) is 2. The van der Waals surface area contributed by atoms with Crippen LogP contribution in [0.4, 0.5) is 6.01 Å². The zero-order valence-corrected chi connectivity index (χ0v) is 8.69. The maximum Gasteiger partial charge on any atom is 0.292 e. The second kappa shape index (κ2) is 3.10. The van der Waals surface area contributed by atoms with Gasteiger partial charge in [0.25, 0.3) is 6.01 Å². The van der Waals surface area contributed by atoms with Gasteiger partial charge in [-0.2, -0.15) is 5.10 Å². The van der Waals surface area contributed by atoms with Gasteiger partial charge in [-0.05, 0) is 25.1 Å². The minimum absolute atomic E-state index is 0.180. The van der Waals surface area contributed by atoms with Crippen LogP contribution in [0.3, 0.4) is 0 Å². The minimum atomic E-state index is 0.180. The van der Waals surface area contributed by atoms with Crippen LogP contribution in [-0.4, -0.2) is 15.2 Å². The van der Waals surface area contributed by atoms with Crippen LogP contribution in [-0.2, 0) is 0 Å². The van der Waals surface area contributed by atoms with Crippen molar-refractivity contribution in [1.29, 1.82) is 0 Å². The lowest BCUT2D eigenvalue weighted by molar-refractivity contribution is 0.595. The van der Waals surface area contributed by atoms with Gasteiger partial charge >= 0.3 is 0 Å². The van der Waals surface area contributed by atoms with Crippen molar-refractivity contribution < 1.29 is 4.42 Å². The molecule has 2 heterocycles. The first kappa shape index (κ1) is 8.96. The van der Waals surface area contributed by atoms with Gasteiger partial charge in [-0.3, -0.25) is 5.10 Å². The molecule has 0 radical (unpaired) electrons. The van der Waals surface area contributed by atoms with Crippen molar-refractivity contribution >= 4 is 16.9 Å². The molecule has 0 aliphatic rings. The normalized spacial score (nSPS) is 11.1. The van der Waals surface area contributed by atoms with Gasteiger partial charge in [0.2, 0.25) is 0 Å². The highest BCUT2D eigenvalue weighted by atomic mass is 16.4. The molecule has 5 heteroatoms. The number of anilines is 1. The molecule has 0 aliphatic carbocycles. The first-order valence-electron chi connectivity index (χ1n) is 4.90. The summed E-state index contributed by atoms with van der Waals surface area (Å²) in [6, 6.07) is 6.06. The second-order valence-electron chi connectivity index (χ2n) is 3.64. The first-order valence-corrected chi connectivity index (χ1v) is 4.90. The Bertz CT molecular complexity index is 653. The quantitative estimate of drug-likeness (QED) is 0.650. The molecule has 0 saturated heterocycles. The lowest BCUT2D eigenvalue weighted by Crippen LogP contribution is -1.80. The number of benzene rings is 1. The molecule has 3 aromatic rings. The molecule has 0 fully saturated rings. The topological polar surface area (TPSA) is 80.7 Å². The van der Waals surface area contributed by atoms with Gasteiger partial charge in [0.1, 0.15) is 0 Å². The van der Waals surface area contributed by atoms with Gasteiger partial charge < -0.3 is 10.2 Å². The maximum atomic E-state index is 5.44. The Morgan fingerprint density at radius 2 is 2.25 bits per heavy atom. The van der Waals surface area contributed by atoms with E-state index in [-0.39, 0.29) is 6.01 Å². The van der Waals surface area contributed by atoms with Crippen LogP contribution < -0.4 is 5.73 Å². The van der Waals surface area contributed by atoms with E-state index >= 15 is 0 Å². The van der Waals surface area contributed by atoms with Gasteiger partial charge in [-0.1, -0.05) is 0 Å². The molecule has 0 aliphatic heterocycles. The van der Waals surface area contributed by atoms with E-state index in [9.17, 15) is 0 Å². The molecule has 5 nitrogen and oxygen atoms in total. The average Bonchev–Trinajstić information content (AvgIpc) is 2.86. The third kappa shape index (κ3) is 1.25. The summed E-state index contributed by atoms with van der Waals surface area (Å²) in [6.45, 7) is 1.98. The van der Waals surface area contributed by atoms with Crippen molar-refractivity contribution in [2.45, 2.75) is 6.92 Å². The summed E-state index contributed by atoms with van der Waals surface area (Å²) >= 11 is 0. The average molecular weight is 214 g/mol. The SMILES string of the molecule is Cc1[nH]nc2ccc(-c3cnc(N)o3)cc12. The van der Waals surface area contributed by atoms with E-state index in [1.165, 1.54) is 0 Å². The third-order valence-electron chi connectivity index (χ3n) is 2.55. The Balaban J connectivity index is 2.21. The lowest BCUT2D eigenvalue weighted by atomic mass is 10.1. The van der Waals surface area contributed by atoms with Crippen LogP contribution in [0.25, 0.3) is 22.2 Å². The summed E-state index contributed by atoms with van der Waals surface area (Å²) in [5.41, 5.74) is 8.36. The van der Waals surface area contributed by atoms with E-state index in [0.29, 0.717) is 5.76 Å². The molecular formula is C11H10N4O. The highest BCUT2D eigenvalue weighted by Crippen LogP contribution is 2.25. The maximum absolute atomic E-state index is 5.44. The van der Waals surface area contributed by atoms with Gasteiger partial charge in [0.05, 0.1) is 11.7 Å². The number of oxazole rings is 1. The highest BCUT2D eigenvalue weighted by Gasteiger charge is 2.07. The van der Waals surface area contributed by atoms with Crippen molar-refractivity contribution in [3.8, 4) is 11.3 Å². The number of nitrogens with one attached hydrogen (secondary N) is 1. The standard InChI is InChI=1S/C11H10N4O/c1-6-8-4-7(2-3-9(8)15-14-6)10-5-13-11(12)16-10/h2-5H,1H3,(H2,12,13)(H,14,15). The van der Waals surface area contributed by atoms with Crippen LogP contribution in [0.1, 0.15) is 5.69 Å². The number of nitrogen functional groups attached to an aromatic ring is 1. The molecule has 0 spiro atoms.